The van der Waals surface area contributed by atoms with Crippen LogP contribution in [0.4, 0.5) is 5.69 Å². The van der Waals surface area contributed by atoms with Gasteiger partial charge < -0.3 is 16.3 Å². The maximum absolute atomic E-state index is 11.7. The number of benzene rings is 1. The Kier molecular flexibility index (Phi) is 4.60. The van der Waals surface area contributed by atoms with Crippen LogP contribution >= 0.6 is 23.2 Å². The number of carbonyl (C=O) groups excluding carboxylic acids is 1. The second-order valence-corrected chi connectivity index (χ2v) is 4.27. The molecule has 1 rings (SSSR count). The number of halogens is 2. The lowest BCUT2D eigenvalue weighted by Crippen LogP contribution is -2.32. The lowest BCUT2D eigenvalue weighted by atomic mass is 10.1. The van der Waals surface area contributed by atoms with Gasteiger partial charge in [0.05, 0.1) is 5.92 Å². The quantitative estimate of drug-likeness (QED) is 0.342. The Balaban J connectivity index is 2.81. The number of carbonyl (C=O) groups is 1. The number of nitrogens with two attached hydrogens (primary N) is 1. The van der Waals surface area contributed by atoms with E-state index in [0.29, 0.717) is 15.7 Å². The number of oxime groups is 1. The third kappa shape index (κ3) is 3.80. The van der Waals surface area contributed by atoms with Gasteiger partial charge in [-0.15, -0.1) is 0 Å². The number of amidine groups is 1. The first kappa shape index (κ1) is 13.6. The normalized spacial score (nSPS) is 13.2. The highest BCUT2D eigenvalue weighted by Gasteiger charge is 2.17. The highest BCUT2D eigenvalue weighted by Crippen LogP contribution is 2.22. The minimum Gasteiger partial charge on any atom is -0.409 e. The van der Waals surface area contributed by atoms with Crippen LogP contribution in [0.5, 0.6) is 0 Å². The molecule has 0 radical (unpaired) electrons. The molecule has 5 nitrogen and oxygen atoms in total. The van der Waals surface area contributed by atoms with E-state index in [4.69, 9.17) is 34.1 Å². The van der Waals surface area contributed by atoms with Crippen molar-refractivity contribution in [2.24, 2.45) is 16.8 Å². The van der Waals surface area contributed by atoms with E-state index in [1.165, 1.54) is 6.92 Å². The Morgan fingerprint density at radius 3 is 2.41 bits per heavy atom. The van der Waals surface area contributed by atoms with Gasteiger partial charge in [-0.2, -0.15) is 0 Å². The van der Waals surface area contributed by atoms with Gasteiger partial charge in [-0.05, 0) is 25.1 Å². The molecular formula is C10H11Cl2N3O2. The Hall–Kier alpha value is -1.46. The van der Waals surface area contributed by atoms with Crippen LogP contribution < -0.4 is 11.1 Å². The molecule has 1 atom stereocenters. The predicted octanol–water partition coefficient (Wildman–Crippen LogP) is 2.31. The average Bonchev–Trinajstić information content (AvgIpc) is 2.25. The number of anilines is 1. The number of rotatable bonds is 3. The van der Waals surface area contributed by atoms with Gasteiger partial charge in [-0.1, -0.05) is 28.4 Å². The van der Waals surface area contributed by atoms with E-state index in [-0.39, 0.29) is 5.84 Å². The van der Waals surface area contributed by atoms with E-state index in [2.05, 4.69) is 10.5 Å². The number of nitrogens with one attached hydrogen (secondary N) is 1. The molecule has 1 aromatic rings. The van der Waals surface area contributed by atoms with E-state index < -0.39 is 11.8 Å². The van der Waals surface area contributed by atoms with Crippen molar-refractivity contribution in [2.45, 2.75) is 6.92 Å². The van der Waals surface area contributed by atoms with Gasteiger partial charge in [-0.3, -0.25) is 4.79 Å². The lowest BCUT2D eigenvalue weighted by Gasteiger charge is -2.11. The lowest BCUT2D eigenvalue weighted by molar-refractivity contribution is -0.117. The molecule has 0 heterocycles. The fourth-order valence-corrected chi connectivity index (χ4v) is 1.62. The molecule has 0 saturated carbocycles. The minimum absolute atomic E-state index is 0.171. The number of amides is 1. The predicted molar refractivity (Wildman–Crippen MR) is 67.7 cm³/mol. The molecule has 0 aromatic heterocycles. The largest absolute Gasteiger partial charge is 0.409 e. The van der Waals surface area contributed by atoms with E-state index in [9.17, 15) is 4.79 Å². The Labute approximate surface area is 108 Å². The second kappa shape index (κ2) is 5.75. The fourth-order valence-electron chi connectivity index (χ4n) is 1.10. The van der Waals surface area contributed by atoms with Crippen LogP contribution in [-0.2, 0) is 4.79 Å². The average molecular weight is 276 g/mol. The van der Waals surface area contributed by atoms with Crippen LogP contribution in [0.3, 0.4) is 0 Å². The van der Waals surface area contributed by atoms with Crippen LogP contribution in [0.1, 0.15) is 6.92 Å². The van der Waals surface area contributed by atoms with Gasteiger partial charge >= 0.3 is 0 Å². The molecular weight excluding hydrogens is 265 g/mol. The van der Waals surface area contributed by atoms with E-state index in [1.807, 2.05) is 0 Å². The van der Waals surface area contributed by atoms with Crippen LogP contribution in [0.2, 0.25) is 10.0 Å². The summed E-state index contributed by atoms with van der Waals surface area (Å²) in [5.41, 5.74) is 5.77. The van der Waals surface area contributed by atoms with Crippen LogP contribution in [0.25, 0.3) is 0 Å². The first-order valence-electron chi connectivity index (χ1n) is 4.68. The summed E-state index contributed by atoms with van der Waals surface area (Å²) >= 11 is 11.6. The molecule has 1 unspecified atom stereocenters. The monoisotopic (exact) mass is 275 g/mol. The third-order valence-corrected chi connectivity index (χ3v) is 2.52. The van der Waals surface area contributed by atoms with E-state index in [1.54, 1.807) is 18.2 Å². The molecule has 0 spiro atoms. The molecule has 92 valence electrons. The highest BCUT2D eigenvalue weighted by atomic mass is 35.5. The first-order valence-corrected chi connectivity index (χ1v) is 5.44. The zero-order valence-electron chi connectivity index (χ0n) is 8.95. The summed E-state index contributed by atoms with van der Waals surface area (Å²) in [6.45, 7) is 1.51. The number of nitrogens with zero attached hydrogens (tertiary/aromatic N) is 1. The summed E-state index contributed by atoms with van der Waals surface area (Å²) in [6, 6.07) is 4.64. The SMILES string of the molecule is CC(C(=O)Nc1cc(Cl)cc(Cl)c1)/C(N)=N/O. The third-order valence-electron chi connectivity index (χ3n) is 2.08. The van der Waals surface area contributed by atoms with Crippen molar-refractivity contribution in [2.75, 3.05) is 5.32 Å². The van der Waals surface area contributed by atoms with Crippen molar-refractivity contribution in [1.29, 1.82) is 0 Å². The summed E-state index contributed by atoms with van der Waals surface area (Å²) in [5, 5.41) is 14.6. The Morgan fingerprint density at radius 1 is 1.41 bits per heavy atom. The van der Waals surface area contributed by atoms with Gasteiger partial charge in [0.1, 0.15) is 0 Å². The Morgan fingerprint density at radius 2 is 1.94 bits per heavy atom. The molecule has 4 N–H and O–H groups in total. The van der Waals surface area contributed by atoms with E-state index >= 15 is 0 Å². The summed E-state index contributed by atoms with van der Waals surface area (Å²) in [6.07, 6.45) is 0. The molecule has 0 aliphatic rings. The molecule has 17 heavy (non-hydrogen) atoms. The molecule has 7 heteroatoms. The van der Waals surface area contributed by atoms with Crippen molar-refractivity contribution in [3.8, 4) is 0 Å². The maximum atomic E-state index is 11.7. The van der Waals surface area contributed by atoms with Crippen molar-refractivity contribution in [3.05, 3.63) is 28.2 Å². The standard InChI is InChI=1S/C10H11Cl2N3O2/c1-5(9(13)15-17)10(16)14-8-3-6(11)2-7(12)4-8/h2-5,17H,1H3,(H2,13,15)(H,14,16). The van der Waals surface area contributed by atoms with Crippen molar-refractivity contribution in [3.63, 3.8) is 0 Å². The fraction of sp³-hybridized carbons (Fsp3) is 0.200. The minimum atomic E-state index is -0.752. The molecule has 0 bridgehead atoms. The molecule has 0 fully saturated rings. The molecule has 1 aromatic carbocycles. The zero-order valence-corrected chi connectivity index (χ0v) is 10.5. The number of hydrogen-bond acceptors (Lipinski definition) is 3. The maximum Gasteiger partial charge on any atom is 0.234 e. The molecule has 0 aliphatic carbocycles. The second-order valence-electron chi connectivity index (χ2n) is 3.39. The van der Waals surface area contributed by atoms with Crippen molar-refractivity contribution >= 4 is 40.6 Å². The molecule has 0 aliphatic heterocycles. The highest BCUT2D eigenvalue weighted by molar-refractivity contribution is 6.35. The van der Waals surface area contributed by atoms with Crippen molar-refractivity contribution in [1.82, 2.24) is 0 Å². The van der Waals surface area contributed by atoms with Gasteiger partial charge in [-0.25, -0.2) is 0 Å². The van der Waals surface area contributed by atoms with Gasteiger partial charge in [0.25, 0.3) is 0 Å². The zero-order chi connectivity index (χ0) is 13.0. The van der Waals surface area contributed by atoms with Gasteiger partial charge in [0, 0.05) is 15.7 Å². The Bertz CT molecular complexity index is 443. The van der Waals surface area contributed by atoms with Crippen LogP contribution in [0.15, 0.2) is 23.4 Å². The summed E-state index contributed by atoms with van der Waals surface area (Å²) in [7, 11) is 0. The van der Waals surface area contributed by atoms with Crippen molar-refractivity contribution < 1.29 is 10.0 Å². The molecule has 0 saturated heterocycles. The van der Waals surface area contributed by atoms with Gasteiger partial charge in [0.15, 0.2) is 5.84 Å². The number of hydrogen-bond donors (Lipinski definition) is 3. The topological polar surface area (TPSA) is 87.7 Å². The summed E-state index contributed by atoms with van der Waals surface area (Å²) in [4.78, 5) is 11.7. The molecule has 1 amide bonds. The van der Waals surface area contributed by atoms with Gasteiger partial charge in [0.2, 0.25) is 5.91 Å². The van der Waals surface area contributed by atoms with Crippen LogP contribution in [-0.4, -0.2) is 17.0 Å². The first-order chi connectivity index (χ1) is 7.93. The van der Waals surface area contributed by atoms with Crippen LogP contribution in [0, 0.1) is 5.92 Å². The summed E-state index contributed by atoms with van der Waals surface area (Å²) in [5.74, 6) is -1.34. The smallest absolute Gasteiger partial charge is 0.234 e. The summed E-state index contributed by atoms with van der Waals surface area (Å²) < 4.78 is 0. The van der Waals surface area contributed by atoms with E-state index in [0.717, 1.165) is 0 Å².